The smallest absolute Gasteiger partial charge is 0.136 e. The molecule has 0 aliphatic heterocycles. The SMILES string of the molecule is [2H]c1c([2H])c([2H])c(-c2cc(-c3ccccc3)cc(-c3c4ccccc4c(-c4ccc5oc6cc7ccccc7cc6c5c4)c4ccccc34)c2)c([2H])c1[2H]. The zero-order valence-electron chi connectivity index (χ0n) is 31.3. The Morgan fingerprint density at radius 1 is 0.327 bits per heavy atom. The highest BCUT2D eigenvalue weighted by Gasteiger charge is 2.19. The Hall–Kier alpha value is -6.44. The Morgan fingerprint density at radius 2 is 0.857 bits per heavy atom. The van der Waals surface area contributed by atoms with Gasteiger partial charge in [0.1, 0.15) is 11.2 Å². The zero-order chi connectivity index (χ0) is 36.7. The fourth-order valence-electron chi connectivity index (χ4n) is 7.48. The summed E-state index contributed by atoms with van der Waals surface area (Å²) in [5.41, 5.74) is 8.39. The van der Waals surface area contributed by atoms with Crippen molar-refractivity contribution >= 4 is 54.3 Å². The van der Waals surface area contributed by atoms with E-state index in [2.05, 4.69) is 103 Å². The van der Waals surface area contributed by atoms with Crippen LogP contribution in [0.25, 0.3) is 98.8 Å². The third-order valence-corrected chi connectivity index (χ3v) is 9.68. The fraction of sp³-hybridized carbons (Fsp3) is 0. The third kappa shape index (κ3) is 4.55. The summed E-state index contributed by atoms with van der Waals surface area (Å²) in [6, 6.07) is 50.5. The Kier molecular flexibility index (Phi) is 5.20. The predicted molar refractivity (Wildman–Crippen MR) is 208 cm³/mol. The first kappa shape index (κ1) is 23.0. The summed E-state index contributed by atoms with van der Waals surface area (Å²) in [5, 5.41) is 8.70. The zero-order valence-corrected chi connectivity index (χ0v) is 26.3. The monoisotopic (exact) mass is 627 g/mol. The van der Waals surface area contributed by atoms with Gasteiger partial charge in [-0.1, -0.05) is 139 Å². The van der Waals surface area contributed by atoms with Crippen molar-refractivity contribution in [1.82, 2.24) is 0 Å². The van der Waals surface area contributed by atoms with Gasteiger partial charge < -0.3 is 4.42 Å². The van der Waals surface area contributed by atoms with E-state index in [1.54, 1.807) is 0 Å². The summed E-state index contributed by atoms with van der Waals surface area (Å²) in [6.45, 7) is 0. The van der Waals surface area contributed by atoms with Crippen LogP contribution in [0.15, 0.2) is 186 Å². The number of benzene rings is 9. The van der Waals surface area contributed by atoms with Gasteiger partial charge in [-0.2, -0.15) is 0 Å². The maximum atomic E-state index is 8.87. The van der Waals surface area contributed by atoms with Gasteiger partial charge >= 0.3 is 0 Å². The molecule has 0 spiro atoms. The number of rotatable bonds is 4. The van der Waals surface area contributed by atoms with Gasteiger partial charge in [0.05, 0.1) is 6.85 Å². The lowest BCUT2D eigenvalue weighted by Gasteiger charge is -2.19. The molecule has 49 heavy (non-hydrogen) atoms. The van der Waals surface area contributed by atoms with Crippen molar-refractivity contribution in [2.24, 2.45) is 0 Å². The molecular weight excluding hydrogens is 593 g/mol. The van der Waals surface area contributed by atoms with E-state index in [1.807, 2.05) is 48.5 Å². The molecule has 1 heterocycles. The van der Waals surface area contributed by atoms with E-state index in [4.69, 9.17) is 11.3 Å². The van der Waals surface area contributed by atoms with Gasteiger partial charge in [0.25, 0.3) is 0 Å². The second-order valence-electron chi connectivity index (χ2n) is 12.5. The van der Waals surface area contributed by atoms with Crippen LogP contribution in [0.4, 0.5) is 0 Å². The van der Waals surface area contributed by atoms with Gasteiger partial charge in [-0.25, -0.2) is 0 Å². The number of hydrogen-bond donors (Lipinski definition) is 0. The van der Waals surface area contributed by atoms with Crippen LogP contribution < -0.4 is 0 Å². The summed E-state index contributed by atoms with van der Waals surface area (Å²) in [7, 11) is 0. The normalized spacial score (nSPS) is 13.1. The van der Waals surface area contributed by atoms with Gasteiger partial charge in [0.15, 0.2) is 0 Å². The van der Waals surface area contributed by atoms with Crippen LogP contribution in [-0.4, -0.2) is 0 Å². The summed E-state index contributed by atoms with van der Waals surface area (Å²) < 4.78 is 49.2. The lowest BCUT2D eigenvalue weighted by molar-refractivity contribution is 0.669. The fourth-order valence-corrected chi connectivity index (χ4v) is 7.48. The minimum atomic E-state index is -0.407. The van der Waals surface area contributed by atoms with Crippen molar-refractivity contribution in [2.75, 3.05) is 0 Å². The quantitative estimate of drug-likeness (QED) is 0.177. The van der Waals surface area contributed by atoms with E-state index in [-0.39, 0.29) is 29.7 Å². The summed E-state index contributed by atoms with van der Waals surface area (Å²) in [5.74, 6) is 0. The molecule has 228 valence electrons. The molecule has 10 rings (SSSR count). The van der Waals surface area contributed by atoms with E-state index >= 15 is 0 Å². The average Bonchev–Trinajstić information content (AvgIpc) is 3.57. The first-order valence-corrected chi connectivity index (χ1v) is 16.4. The minimum Gasteiger partial charge on any atom is -0.456 e. The molecule has 0 saturated carbocycles. The van der Waals surface area contributed by atoms with Gasteiger partial charge in [0, 0.05) is 10.8 Å². The Balaban J connectivity index is 1.27. The molecule has 1 nitrogen and oxygen atoms in total. The molecule has 0 amide bonds. The van der Waals surface area contributed by atoms with Crippen molar-refractivity contribution in [2.45, 2.75) is 0 Å². The number of hydrogen-bond acceptors (Lipinski definition) is 1. The highest BCUT2D eigenvalue weighted by Crippen LogP contribution is 2.46. The topological polar surface area (TPSA) is 13.1 Å². The first-order valence-electron chi connectivity index (χ1n) is 18.9. The molecule has 0 unspecified atom stereocenters. The second-order valence-corrected chi connectivity index (χ2v) is 12.5. The predicted octanol–water partition coefficient (Wildman–Crippen LogP) is 13.7. The molecule has 0 atom stereocenters. The van der Waals surface area contributed by atoms with Gasteiger partial charge in [-0.05, 0) is 119 Å². The van der Waals surface area contributed by atoms with E-state index < -0.39 is 6.04 Å². The van der Waals surface area contributed by atoms with E-state index in [9.17, 15) is 0 Å². The van der Waals surface area contributed by atoms with E-state index in [0.29, 0.717) is 5.56 Å². The third-order valence-electron chi connectivity index (χ3n) is 9.68. The molecule has 0 aliphatic carbocycles. The molecule has 0 saturated heterocycles. The Bertz CT molecular complexity index is 3080. The maximum Gasteiger partial charge on any atom is 0.136 e. The lowest BCUT2D eigenvalue weighted by atomic mass is 9.84. The van der Waals surface area contributed by atoms with Gasteiger partial charge in [-0.15, -0.1) is 0 Å². The van der Waals surface area contributed by atoms with Crippen LogP contribution in [0.1, 0.15) is 6.85 Å². The van der Waals surface area contributed by atoms with Gasteiger partial charge in [0.2, 0.25) is 0 Å². The molecule has 0 N–H and O–H groups in total. The molecule has 0 bridgehead atoms. The number of fused-ring (bicyclic) bond motifs is 6. The lowest BCUT2D eigenvalue weighted by Crippen LogP contribution is -1.92. The standard InChI is InChI=1S/C48H30O/c1-3-13-31(14-4-1)36-25-37(32-15-5-2-6-16-32)27-38(26-36)48-41-21-11-9-19-39(41)47(40-20-10-12-22-42(40)48)35-23-24-45-43(29-35)44-28-33-17-7-8-18-34(33)30-46(44)49-45/h1-30H/i1D,3D,4D,13D,14D. The highest BCUT2D eigenvalue weighted by atomic mass is 16.3. The molecule has 0 aliphatic rings. The van der Waals surface area contributed by atoms with Crippen molar-refractivity contribution in [1.29, 1.82) is 0 Å². The molecule has 1 aromatic heterocycles. The molecular formula is C48H30O. The first-order chi connectivity index (χ1) is 26.4. The minimum absolute atomic E-state index is 0.179. The second kappa shape index (κ2) is 11.1. The molecule has 0 fully saturated rings. The summed E-state index contributed by atoms with van der Waals surface area (Å²) in [4.78, 5) is 0. The number of furan rings is 1. The van der Waals surface area contributed by atoms with Crippen molar-refractivity contribution in [3.05, 3.63) is 182 Å². The largest absolute Gasteiger partial charge is 0.456 e. The summed E-state index contributed by atoms with van der Waals surface area (Å²) in [6.07, 6.45) is 0. The van der Waals surface area contributed by atoms with Crippen LogP contribution >= 0.6 is 0 Å². The van der Waals surface area contributed by atoms with Crippen LogP contribution in [0.5, 0.6) is 0 Å². The van der Waals surface area contributed by atoms with Crippen LogP contribution in [-0.2, 0) is 0 Å². The van der Waals surface area contributed by atoms with Crippen LogP contribution in [0.2, 0.25) is 0 Å². The molecule has 1 heteroatoms. The van der Waals surface area contributed by atoms with Crippen molar-refractivity contribution in [3.63, 3.8) is 0 Å². The van der Waals surface area contributed by atoms with Gasteiger partial charge in [-0.3, -0.25) is 0 Å². The molecule has 10 aromatic rings. The maximum absolute atomic E-state index is 8.87. The van der Waals surface area contributed by atoms with Crippen molar-refractivity contribution in [3.8, 4) is 44.5 Å². The summed E-state index contributed by atoms with van der Waals surface area (Å²) >= 11 is 0. The molecule has 0 radical (unpaired) electrons. The van der Waals surface area contributed by atoms with Crippen LogP contribution in [0, 0.1) is 0 Å². The Morgan fingerprint density at radius 3 is 1.53 bits per heavy atom. The highest BCUT2D eigenvalue weighted by molar-refractivity contribution is 6.22. The van der Waals surface area contributed by atoms with E-state index in [0.717, 1.165) is 82.3 Å². The molecule has 9 aromatic carbocycles. The Labute approximate surface area is 291 Å². The van der Waals surface area contributed by atoms with E-state index in [1.165, 1.54) is 5.39 Å². The van der Waals surface area contributed by atoms with Crippen molar-refractivity contribution < 1.29 is 11.3 Å². The average molecular weight is 628 g/mol. The van der Waals surface area contributed by atoms with Crippen LogP contribution in [0.3, 0.4) is 0 Å².